The maximum atomic E-state index is 12.4. The van der Waals surface area contributed by atoms with Crippen LogP contribution >= 0.6 is 22.9 Å². The van der Waals surface area contributed by atoms with Crippen LogP contribution in [0.15, 0.2) is 41.9 Å². The van der Waals surface area contributed by atoms with E-state index in [1.165, 1.54) is 6.20 Å². The largest absolute Gasteiger partial charge is 0.471 e. The Morgan fingerprint density at radius 1 is 1.38 bits per heavy atom. The number of amides is 1. The highest BCUT2D eigenvalue weighted by Gasteiger charge is 2.34. The normalized spacial score (nSPS) is 14.5. The molecule has 122 valence electrons. The molecule has 8 heteroatoms. The van der Waals surface area contributed by atoms with E-state index >= 15 is 0 Å². The first-order chi connectivity index (χ1) is 11.7. The van der Waals surface area contributed by atoms with Gasteiger partial charge in [-0.3, -0.25) is 9.89 Å². The average molecular weight is 361 g/mol. The molecule has 1 aliphatic rings. The van der Waals surface area contributed by atoms with Crippen molar-refractivity contribution in [2.45, 2.75) is 6.10 Å². The number of pyridine rings is 1. The van der Waals surface area contributed by atoms with Crippen molar-refractivity contribution in [1.82, 2.24) is 20.1 Å². The highest BCUT2D eigenvalue weighted by Crippen LogP contribution is 2.24. The topological polar surface area (TPSA) is 71.1 Å². The van der Waals surface area contributed by atoms with E-state index in [1.54, 1.807) is 34.4 Å². The lowest BCUT2D eigenvalue weighted by molar-refractivity contribution is 0.0156. The molecular formula is C16H13ClN4O2S. The Bertz CT molecular complexity index is 841. The van der Waals surface area contributed by atoms with Crippen molar-refractivity contribution in [2.24, 2.45) is 0 Å². The van der Waals surface area contributed by atoms with Crippen LogP contribution in [0, 0.1) is 0 Å². The molecule has 6 nitrogen and oxygen atoms in total. The number of nitrogens with zero attached hydrogens (tertiary/aromatic N) is 3. The summed E-state index contributed by atoms with van der Waals surface area (Å²) in [6, 6.07) is 9.17. The van der Waals surface area contributed by atoms with Crippen LogP contribution in [-0.4, -0.2) is 45.2 Å². The third-order valence-electron chi connectivity index (χ3n) is 3.71. The number of carbonyl (C=O) groups is 1. The van der Waals surface area contributed by atoms with E-state index in [0.717, 1.165) is 10.6 Å². The molecule has 0 radical (unpaired) electrons. The van der Waals surface area contributed by atoms with Crippen molar-refractivity contribution in [3.63, 3.8) is 0 Å². The highest BCUT2D eigenvalue weighted by atomic mass is 35.5. The number of rotatable bonds is 4. The fourth-order valence-corrected chi connectivity index (χ4v) is 3.24. The summed E-state index contributed by atoms with van der Waals surface area (Å²) in [7, 11) is 0. The summed E-state index contributed by atoms with van der Waals surface area (Å²) in [4.78, 5) is 19.3. The lowest BCUT2D eigenvalue weighted by Crippen LogP contribution is -2.56. The zero-order valence-corrected chi connectivity index (χ0v) is 14.0. The molecule has 3 aromatic rings. The smallest absolute Gasteiger partial charge is 0.274 e. The van der Waals surface area contributed by atoms with E-state index in [2.05, 4.69) is 15.2 Å². The van der Waals surface area contributed by atoms with E-state index in [9.17, 15) is 4.79 Å². The van der Waals surface area contributed by atoms with Crippen LogP contribution in [0.1, 0.15) is 10.5 Å². The standard InChI is InChI=1S/C16H13ClN4O2S/c17-10-3-4-15(18-7-10)23-11-8-21(9-11)16(22)13-6-12(19-20-13)14-2-1-5-24-14/h1-7,11H,8-9H2,(H,19,20). The van der Waals surface area contributed by atoms with Gasteiger partial charge in [0.05, 0.1) is 28.7 Å². The van der Waals surface area contributed by atoms with Crippen LogP contribution in [0.2, 0.25) is 5.02 Å². The van der Waals surface area contributed by atoms with Crippen LogP contribution in [-0.2, 0) is 0 Å². The monoisotopic (exact) mass is 360 g/mol. The lowest BCUT2D eigenvalue weighted by Gasteiger charge is -2.38. The number of likely N-dealkylation sites (tertiary alicyclic amines) is 1. The second-order valence-electron chi connectivity index (χ2n) is 5.41. The molecular weight excluding hydrogens is 348 g/mol. The summed E-state index contributed by atoms with van der Waals surface area (Å²) in [6.45, 7) is 1.04. The molecule has 0 aliphatic carbocycles. The molecule has 0 saturated carbocycles. The predicted molar refractivity (Wildman–Crippen MR) is 91.5 cm³/mol. The van der Waals surface area contributed by atoms with E-state index < -0.39 is 0 Å². The van der Waals surface area contributed by atoms with Gasteiger partial charge < -0.3 is 9.64 Å². The number of H-pyrrole nitrogens is 1. The third kappa shape index (κ3) is 3.00. The first-order valence-corrected chi connectivity index (χ1v) is 8.61. The second-order valence-corrected chi connectivity index (χ2v) is 6.79. The zero-order valence-electron chi connectivity index (χ0n) is 12.5. The van der Waals surface area contributed by atoms with Gasteiger partial charge in [-0.1, -0.05) is 17.7 Å². The first-order valence-electron chi connectivity index (χ1n) is 7.36. The highest BCUT2D eigenvalue weighted by molar-refractivity contribution is 7.13. The molecule has 1 N–H and O–H groups in total. The number of hydrogen-bond donors (Lipinski definition) is 1. The molecule has 1 amide bonds. The van der Waals surface area contributed by atoms with Crippen molar-refractivity contribution in [3.05, 3.63) is 52.6 Å². The summed E-state index contributed by atoms with van der Waals surface area (Å²) < 4.78 is 5.70. The first kappa shape index (κ1) is 15.2. The molecule has 0 atom stereocenters. The van der Waals surface area contributed by atoms with Gasteiger partial charge in [-0.15, -0.1) is 11.3 Å². The van der Waals surface area contributed by atoms with E-state index in [1.807, 2.05) is 17.5 Å². The summed E-state index contributed by atoms with van der Waals surface area (Å²) in [5, 5.41) is 9.57. The van der Waals surface area contributed by atoms with Gasteiger partial charge in [-0.2, -0.15) is 5.10 Å². The van der Waals surface area contributed by atoms with Gasteiger partial charge in [-0.25, -0.2) is 4.98 Å². The molecule has 1 aliphatic heterocycles. The fraction of sp³-hybridized carbons (Fsp3) is 0.188. The quantitative estimate of drug-likeness (QED) is 0.776. The van der Waals surface area contributed by atoms with Gasteiger partial charge in [0.15, 0.2) is 5.69 Å². The number of halogens is 1. The molecule has 3 aromatic heterocycles. The summed E-state index contributed by atoms with van der Waals surface area (Å²) in [5.74, 6) is 0.411. The average Bonchev–Trinajstić information content (AvgIpc) is 3.22. The fourth-order valence-electron chi connectivity index (χ4n) is 2.43. The number of ether oxygens (including phenoxy) is 1. The summed E-state index contributed by atoms with van der Waals surface area (Å²) in [5.41, 5.74) is 1.27. The van der Waals surface area contributed by atoms with E-state index in [0.29, 0.717) is 29.7 Å². The summed E-state index contributed by atoms with van der Waals surface area (Å²) in [6.07, 6.45) is 1.48. The molecule has 0 aromatic carbocycles. The van der Waals surface area contributed by atoms with Crippen LogP contribution in [0.25, 0.3) is 10.6 Å². The molecule has 1 saturated heterocycles. The van der Waals surface area contributed by atoms with E-state index in [-0.39, 0.29) is 12.0 Å². The Kier molecular flexibility index (Phi) is 3.95. The van der Waals surface area contributed by atoms with Crippen molar-refractivity contribution in [3.8, 4) is 16.5 Å². The number of hydrogen-bond acceptors (Lipinski definition) is 5. The number of aromatic amines is 1. The van der Waals surface area contributed by atoms with Crippen LogP contribution in [0.4, 0.5) is 0 Å². The second kappa shape index (κ2) is 6.26. The summed E-state index contributed by atoms with van der Waals surface area (Å²) >= 11 is 7.39. The molecule has 0 bridgehead atoms. The SMILES string of the molecule is O=C(c1cc(-c2cccs2)[nH]n1)N1CC(Oc2ccc(Cl)cn2)C1. The Labute approximate surface area is 147 Å². The van der Waals surface area contributed by atoms with Gasteiger partial charge in [0.1, 0.15) is 6.10 Å². The van der Waals surface area contributed by atoms with Gasteiger partial charge in [0.25, 0.3) is 5.91 Å². The Morgan fingerprint density at radius 3 is 2.96 bits per heavy atom. The predicted octanol–water partition coefficient (Wildman–Crippen LogP) is 3.09. The minimum atomic E-state index is -0.0991. The maximum Gasteiger partial charge on any atom is 0.274 e. The molecule has 1 fully saturated rings. The van der Waals surface area contributed by atoms with Crippen LogP contribution in [0.5, 0.6) is 5.88 Å². The molecule has 0 unspecified atom stereocenters. The Balaban J connectivity index is 1.35. The van der Waals surface area contributed by atoms with Crippen LogP contribution < -0.4 is 4.74 Å². The van der Waals surface area contributed by atoms with Crippen molar-refractivity contribution < 1.29 is 9.53 Å². The van der Waals surface area contributed by atoms with Crippen molar-refractivity contribution in [1.29, 1.82) is 0 Å². The number of aromatic nitrogens is 3. The van der Waals surface area contributed by atoms with Gasteiger partial charge in [0, 0.05) is 12.3 Å². The Morgan fingerprint density at radius 2 is 2.25 bits per heavy atom. The van der Waals surface area contributed by atoms with Gasteiger partial charge in [0.2, 0.25) is 5.88 Å². The number of thiophene rings is 1. The molecule has 4 rings (SSSR count). The van der Waals surface area contributed by atoms with Crippen molar-refractivity contribution >= 4 is 28.8 Å². The van der Waals surface area contributed by atoms with Gasteiger partial charge >= 0.3 is 0 Å². The molecule has 0 spiro atoms. The van der Waals surface area contributed by atoms with E-state index in [4.69, 9.17) is 16.3 Å². The minimum Gasteiger partial charge on any atom is -0.471 e. The third-order valence-corrected chi connectivity index (χ3v) is 4.83. The zero-order chi connectivity index (χ0) is 16.5. The number of nitrogens with one attached hydrogen (secondary N) is 1. The Hall–Kier alpha value is -2.38. The van der Waals surface area contributed by atoms with Crippen LogP contribution in [0.3, 0.4) is 0 Å². The molecule has 24 heavy (non-hydrogen) atoms. The molecule has 4 heterocycles. The van der Waals surface area contributed by atoms with Gasteiger partial charge in [-0.05, 0) is 23.6 Å². The number of carbonyl (C=O) groups excluding carboxylic acids is 1. The lowest BCUT2D eigenvalue weighted by atomic mass is 10.1. The minimum absolute atomic E-state index is 0.0571. The maximum absolute atomic E-state index is 12.4. The van der Waals surface area contributed by atoms with Crippen molar-refractivity contribution in [2.75, 3.05) is 13.1 Å².